The number of anilines is 2. The summed E-state index contributed by atoms with van der Waals surface area (Å²) in [6.07, 6.45) is 4.89. The molecule has 2 aliphatic heterocycles. The Bertz CT molecular complexity index is 2490. The summed E-state index contributed by atoms with van der Waals surface area (Å²) in [5.41, 5.74) is 2.08. The van der Waals surface area contributed by atoms with Crippen LogP contribution in [-0.4, -0.2) is 142 Å². The predicted molar refractivity (Wildman–Crippen MR) is 280 cm³/mol. The van der Waals surface area contributed by atoms with Gasteiger partial charge in [0.05, 0.1) is 22.0 Å². The van der Waals surface area contributed by atoms with Crippen molar-refractivity contribution in [3.63, 3.8) is 0 Å². The summed E-state index contributed by atoms with van der Waals surface area (Å²) in [6.45, 7) is 14.1. The van der Waals surface area contributed by atoms with Crippen LogP contribution in [0.4, 0.5) is 16.3 Å². The van der Waals surface area contributed by atoms with Crippen molar-refractivity contribution in [3.8, 4) is 0 Å². The van der Waals surface area contributed by atoms with Crippen LogP contribution < -0.4 is 36.5 Å². The number of allylic oxidation sites excluding steroid dienone is 3. The number of H-pyrrole nitrogens is 1. The Hall–Kier alpha value is -6.09. The van der Waals surface area contributed by atoms with Crippen LogP contribution in [0.5, 0.6) is 0 Å². The minimum absolute atomic E-state index is 0.0346. The molecule has 0 aliphatic carbocycles. The lowest BCUT2D eigenvalue weighted by Crippen LogP contribution is -2.65. The molecule has 0 radical (unpaired) electrons. The third kappa shape index (κ3) is 15.0. The summed E-state index contributed by atoms with van der Waals surface area (Å²) in [4.78, 5) is 104. The topological polar surface area (TPSA) is 320 Å². The van der Waals surface area contributed by atoms with Gasteiger partial charge in [0, 0.05) is 38.0 Å². The van der Waals surface area contributed by atoms with Gasteiger partial charge in [-0.1, -0.05) is 99.1 Å². The molecule has 23 nitrogen and oxygen atoms in total. The molecular formula is C50H71IN11O12+. The number of likely N-dealkylation sites (tertiary alicyclic amines) is 1. The number of amides is 7. The maximum atomic E-state index is 13.3. The number of nitrogens with one attached hydrogen (secondary N) is 7. The summed E-state index contributed by atoms with van der Waals surface area (Å²) >= 11 is 2.23. The Morgan fingerprint density at radius 1 is 1.03 bits per heavy atom. The van der Waals surface area contributed by atoms with Gasteiger partial charge in [-0.25, -0.2) is 9.36 Å². The first-order chi connectivity index (χ1) is 35.3. The van der Waals surface area contributed by atoms with E-state index in [4.69, 9.17) is 9.47 Å². The zero-order chi connectivity index (χ0) is 54.3. The number of alkyl halides is 1. The van der Waals surface area contributed by atoms with E-state index in [1.165, 1.54) is 13.3 Å². The lowest BCUT2D eigenvalue weighted by molar-refractivity contribution is -0.689. The van der Waals surface area contributed by atoms with Crippen LogP contribution in [0.3, 0.4) is 0 Å². The monoisotopic (exact) mass is 1140 g/mol. The summed E-state index contributed by atoms with van der Waals surface area (Å²) in [7, 11) is 0. The fraction of sp³-hybridized carbons (Fsp3) is 0.560. The van der Waals surface area contributed by atoms with E-state index in [1.807, 2.05) is 37.5 Å². The summed E-state index contributed by atoms with van der Waals surface area (Å²) in [5, 5.41) is 48.4. The number of alkyl carbamates (subject to hydrolysis) is 1. The molecule has 404 valence electrons. The number of imidazole rings is 1. The summed E-state index contributed by atoms with van der Waals surface area (Å²) in [6, 6.07) is 3.24. The van der Waals surface area contributed by atoms with E-state index in [1.54, 1.807) is 50.5 Å². The van der Waals surface area contributed by atoms with Gasteiger partial charge >= 0.3 is 11.7 Å². The number of benzene rings is 1. The Kier molecular flexibility index (Phi) is 21.8. The molecule has 10 atom stereocenters. The second-order valence-electron chi connectivity index (χ2n) is 18.6. The van der Waals surface area contributed by atoms with Crippen molar-refractivity contribution < 1.29 is 62.9 Å². The zero-order valence-corrected chi connectivity index (χ0v) is 44.8. The van der Waals surface area contributed by atoms with E-state index in [0.717, 1.165) is 17.7 Å². The Morgan fingerprint density at radius 3 is 2.41 bits per heavy atom. The first kappa shape index (κ1) is 58.8. The summed E-state index contributed by atoms with van der Waals surface area (Å²) < 4.78 is 12.6. The van der Waals surface area contributed by atoms with Gasteiger partial charge in [0.15, 0.2) is 24.7 Å². The Labute approximate surface area is 443 Å². The maximum absolute atomic E-state index is 13.3. The number of ether oxygens (including phenoxy) is 2. The Balaban J connectivity index is 0.991. The van der Waals surface area contributed by atoms with E-state index >= 15 is 0 Å². The normalized spacial score (nSPS) is 21.9. The quantitative estimate of drug-likeness (QED) is 0.0138. The molecule has 0 spiro atoms. The number of aliphatic hydroxyl groups excluding tert-OH is 3. The lowest BCUT2D eigenvalue weighted by Gasteiger charge is -2.42. The van der Waals surface area contributed by atoms with Gasteiger partial charge in [-0.3, -0.25) is 38.7 Å². The van der Waals surface area contributed by atoms with Gasteiger partial charge < -0.3 is 56.7 Å². The number of nitrogens with zero attached hydrogens (tertiary/aromatic N) is 4. The number of carbonyl (C=O) groups is 7. The number of hydrogen-bond donors (Lipinski definition) is 10. The predicted octanol–water partition coefficient (Wildman–Crippen LogP) is 2.32. The van der Waals surface area contributed by atoms with Gasteiger partial charge in [-0.15, -0.1) is 0 Å². The average molecular weight is 1150 g/mol. The van der Waals surface area contributed by atoms with Gasteiger partial charge in [-0.2, -0.15) is 4.98 Å². The largest absolute Gasteiger partial charge is 0.445 e. The van der Waals surface area contributed by atoms with Crippen molar-refractivity contribution >= 4 is 86.8 Å². The van der Waals surface area contributed by atoms with Crippen LogP contribution in [-0.2, 0) is 44.8 Å². The van der Waals surface area contributed by atoms with Crippen LogP contribution >= 0.6 is 22.6 Å². The molecule has 10 N–H and O–H groups in total. The van der Waals surface area contributed by atoms with Crippen LogP contribution in [0.1, 0.15) is 98.1 Å². The standard InChI is InChI=1S/C50H70IN11O12/c1-8-12-20-50(51,11-4)33-23-37(66)61(48(33)71)22-19-36(65)58-38(28(5)6)46(70)56-29(7)45(69)57-31-17-15-30(16-18-31)25-73-49(72)52-21-13-14-35(64)59-39-34(24-63)74-47(42(68)41(39)67)60-43-40-44(54-26-53-43)62(27-55-40)32(9-2)10-3/h9,12,15-18,20,26-29,32-34,38-39,41-42,47,63,67-68H,2,8,10-11,13-14,19,21-25H2,1,3-7H3,(H6,52,53,54,56,57,58,59,60,64,65,69,70,72)/p+1/b20-12-/t29-,32?,33?,34-,38-,39-,41+,42-,47-,50?/m0/s1. The average Bonchev–Trinajstić information content (AvgIpc) is 3.95. The van der Waals surface area contributed by atoms with E-state index in [9.17, 15) is 48.9 Å². The number of fused-ring (bicyclic) bond motifs is 1. The highest BCUT2D eigenvalue weighted by atomic mass is 127. The molecule has 7 amide bonds. The minimum Gasteiger partial charge on any atom is -0.445 e. The molecule has 1 aromatic carbocycles. The highest BCUT2D eigenvalue weighted by Gasteiger charge is 2.48. The number of hydrogen-bond acceptors (Lipinski definition) is 15. The molecule has 74 heavy (non-hydrogen) atoms. The van der Waals surface area contributed by atoms with E-state index < -0.39 is 88.3 Å². The fourth-order valence-corrected chi connectivity index (χ4v) is 9.32. The fourth-order valence-electron chi connectivity index (χ4n) is 8.58. The number of carbonyl (C=O) groups excluding carboxylic acids is 7. The Morgan fingerprint density at radius 2 is 1.76 bits per heavy atom. The van der Waals surface area contributed by atoms with E-state index in [-0.39, 0.29) is 75.0 Å². The number of aromatic amines is 1. The smallest absolute Gasteiger partial charge is 0.407 e. The van der Waals surface area contributed by atoms with Crippen molar-refractivity contribution in [2.24, 2.45) is 11.8 Å². The van der Waals surface area contributed by atoms with Gasteiger partial charge in [0.2, 0.25) is 41.0 Å². The number of aromatic nitrogens is 4. The molecule has 3 aromatic rings. The molecule has 2 saturated heterocycles. The van der Waals surface area contributed by atoms with Gasteiger partial charge in [0.1, 0.15) is 43.0 Å². The van der Waals surface area contributed by atoms with Crippen molar-refractivity contribution in [1.82, 2.24) is 41.1 Å². The molecule has 24 heteroatoms. The highest BCUT2D eigenvalue weighted by molar-refractivity contribution is 14.1. The molecule has 0 bridgehead atoms. The van der Waals surface area contributed by atoms with Crippen LogP contribution in [0.25, 0.3) is 11.2 Å². The van der Waals surface area contributed by atoms with Gasteiger partial charge in [0.25, 0.3) is 0 Å². The van der Waals surface area contributed by atoms with Crippen molar-refractivity contribution in [3.05, 3.63) is 67.3 Å². The summed E-state index contributed by atoms with van der Waals surface area (Å²) in [5.74, 6) is -3.43. The SMILES string of the molecule is C=CC(CC)[n+]1c[nH]c2c(N[C@H]3O[C@@H](CO)[C@H](NC(=O)CCCNC(=O)OCc4ccc(NC(=O)[C@H](C)NC(=O)[C@@H](NC(=O)CCN5C(=O)CC(C(I)(/C=C\CC)CC)C5=O)C(C)C)cc4)[C@@H](O)[C@@H]3O)ncnc21. The first-order valence-electron chi connectivity index (χ1n) is 24.9. The molecule has 2 aromatic heterocycles. The van der Waals surface area contributed by atoms with Crippen molar-refractivity contribution in [2.75, 3.05) is 30.3 Å². The lowest BCUT2D eigenvalue weighted by atomic mass is 9.88. The zero-order valence-electron chi connectivity index (χ0n) is 42.6. The highest BCUT2D eigenvalue weighted by Crippen LogP contribution is 2.41. The third-order valence-corrected chi connectivity index (χ3v) is 14.9. The number of rotatable bonds is 26. The number of halogens is 1. The van der Waals surface area contributed by atoms with E-state index in [2.05, 4.69) is 76.0 Å². The molecule has 0 saturated carbocycles. The van der Waals surface area contributed by atoms with Crippen LogP contribution in [0, 0.1) is 11.8 Å². The van der Waals surface area contributed by atoms with Crippen molar-refractivity contribution in [2.45, 2.75) is 145 Å². The first-order valence-corrected chi connectivity index (χ1v) is 26.0. The maximum Gasteiger partial charge on any atom is 0.407 e. The van der Waals surface area contributed by atoms with E-state index in [0.29, 0.717) is 28.8 Å². The molecule has 3 unspecified atom stereocenters. The number of aliphatic hydroxyl groups is 3. The second kappa shape index (κ2) is 27.4. The molecule has 5 rings (SSSR count). The molecule has 2 fully saturated rings. The third-order valence-electron chi connectivity index (χ3n) is 13.0. The van der Waals surface area contributed by atoms with Gasteiger partial charge in [-0.05, 0) is 56.2 Å². The van der Waals surface area contributed by atoms with Crippen molar-refractivity contribution in [1.29, 1.82) is 0 Å². The van der Waals surface area contributed by atoms with Crippen LogP contribution in [0.2, 0.25) is 0 Å². The second-order valence-corrected chi connectivity index (χ2v) is 20.6. The molecule has 4 heterocycles. The number of imide groups is 1. The minimum atomic E-state index is -1.54. The molecular weight excluding hydrogens is 1070 g/mol. The molecule has 2 aliphatic rings. The van der Waals surface area contributed by atoms with Crippen LogP contribution in [0.15, 0.2) is 61.7 Å².